The Balaban J connectivity index is 0. The fourth-order valence-electron chi connectivity index (χ4n) is 0.625. The van der Waals surface area contributed by atoms with Gasteiger partial charge >= 0.3 is 15.4 Å². The van der Waals surface area contributed by atoms with Crippen LogP contribution in [0, 0.1) is 0 Å². The summed E-state index contributed by atoms with van der Waals surface area (Å²) < 4.78 is 45.5. The van der Waals surface area contributed by atoms with Gasteiger partial charge in [-0.25, -0.2) is 4.57 Å². The lowest BCUT2D eigenvalue weighted by atomic mass is 10.9. The summed E-state index contributed by atoms with van der Waals surface area (Å²) in [6.45, 7) is 1.67. The first kappa shape index (κ1) is 24.4. The van der Waals surface area contributed by atoms with Crippen LogP contribution in [0.1, 0.15) is 0 Å². The van der Waals surface area contributed by atoms with E-state index >= 15 is 0 Å². The van der Waals surface area contributed by atoms with E-state index in [0.717, 1.165) is 0 Å². The minimum atomic E-state index is -3.52. The molecule has 0 aromatic carbocycles. The molecule has 0 N–H and O–H groups in total. The molecule has 0 spiro atoms. The summed E-state index contributed by atoms with van der Waals surface area (Å²) in [4.78, 5) is 0. The summed E-state index contributed by atoms with van der Waals surface area (Å²) in [5.41, 5.74) is 0. The summed E-state index contributed by atoms with van der Waals surface area (Å²) in [5.74, 6) is 0.620. The summed E-state index contributed by atoms with van der Waals surface area (Å²) in [7, 11) is -3.47. The van der Waals surface area contributed by atoms with Crippen molar-refractivity contribution in [3.8, 4) is 0 Å². The molecule has 12 heteroatoms. The van der Waals surface area contributed by atoms with Crippen molar-refractivity contribution in [3.63, 3.8) is 0 Å². The molecule has 0 aliphatic rings. The highest BCUT2D eigenvalue weighted by Gasteiger charge is 2.25. The molecule has 0 fully saturated rings. The molecule has 0 aromatic rings. The van der Waals surface area contributed by atoms with Gasteiger partial charge in [0, 0.05) is 38.5 Å². The van der Waals surface area contributed by atoms with Crippen LogP contribution in [-0.4, -0.2) is 58.3 Å². The van der Waals surface area contributed by atoms with Crippen LogP contribution < -0.4 is 0 Å². The van der Waals surface area contributed by atoms with Crippen LogP contribution >= 0.6 is 50.2 Å². The minimum absolute atomic E-state index is 0.0867. The van der Waals surface area contributed by atoms with Gasteiger partial charge in [-0.15, -0.1) is 34.8 Å². The van der Waals surface area contributed by atoms with Crippen molar-refractivity contribution in [1.82, 2.24) is 0 Å². The van der Waals surface area contributed by atoms with Gasteiger partial charge in [-0.3, -0.25) is 18.1 Å². The van der Waals surface area contributed by atoms with Crippen molar-refractivity contribution >= 4 is 50.2 Å². The van der Waals surface area contributed by atoms with Crippen LogP contribution in [0.2, 0.25) is 0 Å². The lowest BCUT2D eigenvalue weighted by Gasteiger charge is -2.16. The standard InChI is InChI=1S/C6H12Cl3O4P.C3H9O3P/c7-1-4-11-14(10,12-5-2-8)13-6-3-9;1-5-7(3,4)6-2/h1-6H2;1-3H3. The molecule has 0 unspecified atom stereocenters. The average Bonchev–Trinajstić information content (AvgIpc) is 2.50. The number of hydrogen-bond donors (Lipinski definition) is 0. The van der Waals surface area contributed by atoms with E-state index < -0.39 is 15.4 Å². The molecule has 0 saturated heterocycles. The molecule has 0 saturated carbocycles. The Morgan fingerprint density at radius 1 is 0.762 bits per heavy atom. The lowest BCUT2D eigenvalue weighted by molar-refractivity contribution is 0.128. The van der Waals surface area contributed by atoms with Gasteiger partial charge in [0.05, 0.1) is 19.8 Å². The van der Waals surface area contributed by atoms with Gasteiger partial charge in [0.2, 0.25) is 0 Å². The van der Waals surface area contributed by atoms with E-state index in [9.17, 15) is 9.13 Å². The van der Waals surface area contributed by atoms with Crippen molar-refractivity contribution < 1.29 is 31.7 Å². The van der Waals surface area contributed by atoms with Crippen molar-refractivity contribution in [2.45, 2.75) is 0 Å². The summed E-state index contributed by atoms with van der Waals surface area (Å²) in [6, 6.07) is 0. The molecule has 0 aliphatic heterocycles. The highest BCUT2D eigenvalue weighted by Crippen LogP contribution is 2.49. The molecular formula is C9H21Cl3O7P2. The number of halogens is 3. The third kappa shape index (κ3) is 15.8. The lowest BCUT2D eigenvalue weighted by Crippen LogP contribution is -2.05. The fraction of sp³-hybridized carbons (Fsp3) is 1.00. The molecule has 130 valence electrons. The van der Waals surface area contributed by atoms with Gasteiger partial charge in [-0.1, -0.05) is 0 Å². The van der Waals surface area contributed by atoms with Crippen LogP contribution in [-0.2, 0) is 31.7 Å². The van der Waals surface area contributed by atoms with E-state index in [4.69, 9.17) is 48.4 Å². The SMILES string of the molecule is COP(C)(=O)OC.O=P(OCCCl)(OCCCl)OCCCl. The van der Waals surface area contributed by atoms with Crippen molar-refractivity contribution in [2.24, 2.45) is 0 Å². The van der Waals surface area contributed by atoms with E-state index in [2.05, 4.69) is 9.05 Å². The molecule has 0 bridgehead atoms. The predicted octanol–water partition coefficient (Wildman–Crippen LogP) is 3.96. The fourth-order valence-corrected chi connectivity index (χ4v) is 2.50. The van der Waals surface area contributed by atoms with Crippen molar-refractivity contribution in [3.05, 3.63) is 0 Å². The topological polar surface area (TPSA) is 80.3 Å². The van der Waals surface area contributed by atoms with Gasteiger partial charge in [0.15, 0.2) is 0 Å². The zero-order valence-corrected chi connectivity index (χ0v) is 16.2. The predicted molar refractivity (Wildman–Crippen MR) is 85.2 cm³/mol. The number of hydrogen-bond acceptors (Lipinski definition) is 7. The van der Waals surface area contributed by atoms with E-state index in [-0.39, 0.29) is 37.5 Å². The monoisotopic (exact) mass is 408 g/mol. The zero-order chi connectivity index (χ0) is 16.8. The third-order valence-corrected chi connectivity index (χ3v) is 4.93. The molecule has 0 radical (unpaired) electrons. The summed E-state index contributed by atoms with van der Waals surface area (Å²) >= 11 is 16.1. The normalized spacial score (nSPS) is 11.9. The van der Waals surface area contributed by atoms with Crippen LogP contribution in [0.4, 0.5) is 0 Å². The molecule has 0 aliphatic carbocycles. The second-order valence-electron chi connectivity index (χ2n) is 3.15. The molecule has 0 rings (SSSR count). The van der Waals surface area contributed by atoms with E-state index in [1.807, 2.05) is 0 Å². The van der Waals surface area contributed by atoms with Crippen molar-refractivity contribution in [2.75, 3.05) is 58.3 Å². The third-order valence-electron chi connectivity index (χ3n) is 1.64. The number of phosphoric ester groups is 1. The largest absolute Gasteiger partial charge is 0.474 e. The first-order valence-corrected chi connectivity index (χ1v) is 10.8. The number of alkyl halides is 3. The van der Waals surface area contributed by atoms with E-state index in [0.29, 0.717) is 0 Å². The van der Waals surface area contributed by atoms with Gasteiger partial charge in [-0.2, -0.15) is 0 Å². The van der Waals surface area contributed by atoms with Gasteiger partial charge < -0.3 is 9.05 Å². The van der Waals surface area contributed by atoms with E-state index in [1.54, 1.807) is 0 Å². The average molecular weight is 410 g/mol. The highest BCUT2D eigenvalue weighted by atomic mass is 35.5. The Morgan fingerprint density at radius 2 is 1.05 bits per heavy atom. The van der Waals surface area contributed by atoms with Gasteiger partial charge in [-0.05, 0) is 0 Å². The van der Waals surface area contributed by atoms with Crippen LogP contribution in [0.25, 0.3) is 0 Å². The van der Waals surface area contributed by atoms with Crippen LogP contribution in [0.5, 0.6) is 0 Å². The summed E-state index contributed by atoms with van der Waals surface area (Å²) in [5, 5.41) is 0. The second kappa shape index (κ2) is 14.7. The molecular weight excluding hydrogens is 388 g/mol. The zero-order valence-electron chi connectivity index (χ0n) is 12.1. The highest BCUT2D eigenvalue weighted by molar-refractivity contribution is 7.52. The van der Waals surface area contributed by atoms with Crippen molar-refractivity contribution in [1.29, 1.82) is 0 Å². The van der Waals surface area contributed by atoms with Crippen LogP contribution in [0.15, 0.2) is 0 Å². The number of phosphoric acid groups is 1. The van der Waals surface area contributed by atoms with Gasteiger partial charge in [0.1, 0.15) is 0 Å². The maximum atomic E-state index is 11.6. The quantitative estimate of drug-likeness (QED) is 0.377. The molecule has 0 heterocycles. The Bertz CT molecular complexity index is 296. The minimum Gasteiger partial charge on any atom is -0.312 e. The summed E-state index contributed by atoms with van der Waals surface area (Å²) in [6.07, 6.45) is 0. The van der Waals surface area contributed by atoms with Crippen LogP contribution in [0.3, 0.4) is 0 Å². The first-order valence-electron chi connectivity index (χ1n) is 5.71. The number of rotatable bonds is 11. The Kier molecular flexibility index (Phi) is 17.1. The second-order valence-corrected chi connectivity index (χ2v) is 8.23. The first-order chi connectivity index (χ1) is 9.80. The maximum absolute atomic E-state index is 11.6. The Morgan fingerprint density at radius 3 is 1.19 bits per heavy atom. The Labute approximate surface area is 140 Å². The molecule has 0 amide bonds. The van der Waals surface area contributed by atoms with E-state index in [1.165, 1.54) is 20.9 Å². The molecule has 7 nitrogen and oxygen atoms in total. The molecule has 0 aromatic heterocycles. The molecule has 21 heavy (non-hydrogen) atoms. The van der Waals surface area contributed by atoms with Gasteiger partial charge in [0.25, 0.3) is 0 Å². The maximum Gasteiger partial charge on any atom is 0.474 e. The Hall–Kier alpha value is 1.13. The smallest absolute Gasteiger partial charge is 0.312 e. The molecule has 0 atom stereocenters.